The Labute approximate surface area is 127 Å². The van der Waals surface area contributed by atoms with E-state index in [1.54, 1.807) is 0 Å². The Morgan fingerprint density at radius 2 is 2.14 bits per heavy atom. The molecule has 0 spiro atoms. The number of rotatable bonds is 4. The highest BCUT2D eigenvalue weighted by molar-refractivity contribution is 7.16. The molecule has 0 bridgehead atoms. The number of esters is 1. The highest BCUT2D eigenvalue weighted by Crippen LogP contribution is 2.33. The summed E-state index contributed by atoms with van der Waals surface area (Å²) >= 11 is 1.42. The normalized spacial score (nSPS) is 18.0. The monoisotopic (exact) mass is 308 g/mol. The third kappa shape index (κ3) is 2.79. The second kappa shape index (κ2) is 6.09. The van der Waals surface area contributed by atoms with Gasteiger partial charge in [0.05, 0.1) is 6.61 Å². The highest BCUT2D eigenvalue weighted by atomic mass is 32.1. The van der Waals surface area contributed by atoms with E-state index in [2.05, 4.69) is 15.3 Å². The van der Waals surface area contributed by atoms with Crippen LogP contribution in [-0.4, -0.2) is 32.4 Å². The zero-order valence-electron chi connectivity index (χ0n) is 12.4. The third-order valence-electron chi connectivity index (χ3n) is 4.01. The van der Waals surface area contributed by atoms with Crippen LogP contribution >= 0.6 is 11.3 Å². The summed E-state index contributed by atoms with van der Waals surface area (Å²) in [6.45, 7) is 4.02. The van der Waals surface area contributed by atoms with Crippen LogP contribution < -0.4 is 0 Å². The highest BCUT2D eigenvalue weighted by Gasteiger charge is 2.26. The molecule has 2 aromatic heterocycles. The quantitative estimate of drug-likeness (QED) is 0.812. The van der Waals surface area contributed by atoms with Gasteiger partial charge in [-0.2, -0.15) is 9.61 Å². The molecule has 1 aliphatic rings. The Morgan fingerprint density at radius 1 is 1.38 bits per heavy atom. The number of ether oxygens (including phenoxy) is 1. The van der Waals surface area contributed by atoms with Gasteiger partial charge in [-0.1, -0.05) is 30.6 Å². The Morgan fingerprint density at radius 3 is 2.86 bits per heavy atom. The molecule has 1 aliphatic carbocycles. The van der Waals surface area contributed by atoms with Gasteiger partial charge in [0, 0.05) is 5.92 Å². The van der Waals surface area contributed by atoms with E-state index in [4.69, 9.17) is 4.74 Å². The van der Waals surface area contributed by atoms with Crippen LogP contribution in [0.4, 0.5) is 0 Å². The SMILES string of the molecule is CCOC(=O)C(C)c1nn2c(C3CCCCC3)nnc2s1. The van der Waals surface area contributed by atoms with Crippen molar-refractivity contribution in [2.75, 3.05) is 6.61 Å². The minimum atomic E-state index is -0.351. The first-order valence-electron chi connectivity index (χ1n) is 7.59. The van der Waals surface area contributed by atoms with Crippen LogP contribution in [0.25, 0.3) is 4.96 Å². The zero-order valence-corrected chi connectivity index (χ0v) is 13.2. The molecule has 0 radical (unpaired) electrons. The summed E-state index contributed by atoms with van der Waals surface area (Å²) < 4.78 is 6.88. The minimum Gasteiger partial charge on any atom is -0.465 e. The second-order valence-corrected chi connectivity index (χ2v) is 6.49. The molecule has 0 aliphatic heterocycles. The number of hydrogen-bond acceptors (Lipinski definition) is 6. The van der Waals surface area contributed by atoms with Gasteiger partial charge in [-0.3, -0.25) is 4.79 Å². The minimum absolute atomic E-state index is 0.235. The number of hydrogen-bond donors (Lipinski definition) is 0. The van der Waals surface area contributed by atoms with Crippen molar-refractivity contribution in [3.05, 3.63) is 10.8 Å². The first-order valence-corrected chi connectivity index (χ1v) is 8.41. The van der Waals surface area contributed by atoms with Crippen LogP contribution in [0.1, 0.15) is 68.6 Å². The molecule has 2 heterocycles. The Hall–Kier alpha value is -1.50. The maximum atomic E-state index is 11.8. The van der Waals surface area contributed by atoms with Crippen molar-refractivity contribution in [3.63, 3.8) is 0 Å². The zero-order chi connectivity index (χ0) is 14.8. The summed E-state index contributed by atoms with van der Waals surface area (Å²) in [5.41, 5.74) is 0. The van der Waals surface area contributed by atoms with Gasteiger partial charge < -0.3 is 4.74 Å². The van der Waals surface area contributed by atoms with Crippen molar-refractivity contribution >= 4 is 22.3 Å². The van der Waals surface area contributed by atoms with Gasteiger partial charge in [0.1, 0.15) is 10.9 Å². The molecule has 1 atom stereocenters. The van der Waals surface area contributed by atoms with Crippen molar-refractivity contribution in [1.29, 1.82) is 0 Å². The van der Waals surface area contributed by atoms with Gasteiger partial charge in [-0.15, -0.1) is 10.2 Å². The molecular formula is C14H20N4O2S. The van der Waals surface area contributed by atoms with Gasteiger partial charge in [0.15, 0.2) is 5.82 Å². The van der Waals surface area contributed by atoms with Crippen LogP contribution in [-0.2, 0) is 9.53 Å². The molecule has 0 saturated heterocycles. The summed E-state index contributed by atoms with van der Waals surface area (Å²) in [5.74, 6) is 0.808. The van der Waals surface area contributed by atoms with Crippen molar-refractivity contribution in [1.82, 2.24) is 19.8 Å². The van der Waals surface area contributed by atoms with Crippen LogP contribution in [0, 0.1) is 0 Å². The number of aromatic nitrogens is 4. The van der Waals surface area contributed by atoms with Gasteiger partial charge in [0.25, 0.3) is 0 Å². The lowest BCUT2D eigenvalue weighted by atomic mass is 9.89. The van der Waals surface area contributed by atoms with E-state index in [9.17, 15) is 4.79 Å². The topological polar surface area (TPSA) is 69.4 Å². The van der Waals surface area contributed by atoms with Crippen molar-refractivity contribution in [2.24, 2.45) is 0 Å². The number of nitrogens with zero attached hydrogens (tertiary/aromatic N) is 4. The van der Waals surface area contributed by atoms with Crippen molar-refractivity contribution in [2.45, 2.75) is 57.8 Å². The average Bonchev–Trinajstić information content (AvgIpc) is 3.07. The lowest BCUT2D eigenvalue weighted by Crippen LogP contribution is -2.14. The second-order valence-electron chi connectivity index (χ2n) is 5.50. The number of carbonyl (C=O) groups excluding carboxylic acids is 1. The molecule has 1 saturated carbocycles. The van der Waals surface area contributed by atoms with E-state index < -0.39 is 0 Å². The lowest BCUT2D eigenvalue weighted by Gasteiger charge is -2.18. The molecule has 7 heteroatoms. The largest absolute Gasteiger partial charge is 0.465 e. The Balaban J connectivity index is 1.86. The fraction of sp³-hybridized carbons (Fsp3) is 0.714. The first kappa shape index (κ1) is 14.4. The maximum Gasteiger partial charge on any atom is 0.315 e. The predicted octanol–water partition coefficient (Wildman–Crippen LogP) is 2.90. The summed E-state index contributed by atoms with van der Waals surface area (Å²) in [4.78, 5) is 12.6. The van der Waals surface area contributed by atoms with E-state index in [0.717, 1.165) is 28.6 Å². The van der Waals surface area contributed by atoms with Crippen LogP contribution in [0.15, 0.2) is 0 Å². The summed E-state index contributed by atoms with van der Waals surface area (Å²) in [5, 5.41) is 13.8. The average molecular weight is 308 g/mol. The molecule has 6 nitrogen and oxygen atoms in total. The Bertz CT molecular complexity index is 630. The van der Waals surface area contributed by atoms with E-state index in [0.29, 0.717) is 12.5 Å². The number of fused-ring (bicyclic) bond motifs is 1. The van der Waals surface area contributed by atoms with Crippen LogP contribution in [0.5, 0.6) is 0 Å². The molecule has 114 valence electrons. The molecule has 0 N–H and O–H groups in total. The number of carbonyl (C=O) groups is 1. The lowest BCUT2D eigenvalue weighted by molar-refractivity contribution is -0.144. The van der Waals surface area contributed by atoms with Gasteiger partial charge >= 0.3 is 5.97 Å². The van der Waals surface area contributed by atoms with Gasteiger partial charge in [-0.05, 0) is 26.7 Å². The first-order chi connectivity index (χ1) is 10.2. The summed E-state index contributed by atoms with van der Waals surface area (Å²) in [7, 11) is 0. The molecule has 1 fully saturated rings. The molecule has 0 aromatic carbocycles. The summed E-state index contributed by atoms with van der Waals surface area (Å²) in [6, 6.07) is 0. The predicted molar refractivity (Wildman–Crippen MR) is 79.5 cm³/mol. The molecule has 3 rings (SSSR count). The van der Waals surface area contributed by atoms with Gasteiger partial charge in [0.2, 0.25) is 4.96 Å². The standard InChI is InChI=1S/C14H20N4O2S/c1-3-20-13(19)9(2)12-17-18-11(15-16-14(18)21-12)10-7-5-4-6-8-10/h9-10H,3-8H2,1-2H3. The van der Waals surface area contributed by atoms with Gasteiger partial charge in [-0.25, -0.2) is 0 Å². The molecular weight excluding hydrogens is 288 g/mol. The van der Waals surface area contributed by atoms with E-state index >= 15 is 0 Å². The summed E-state index contributed by atoms with van der Waals surface area (Å²) in [6.07, 6.45) is 6.11. The van der Waals surface area contributed by atoms with Crippen LogP contribution in [0.3, 0.4) is 0 Å². The molecule has 0 amide bonds. The van der Waals surface area contributed by atoms with Crippen molar-refractivity contribution < 1.29 is 9.53 Å². The molecule has 1 unspecified atom stereocenters. The smallest absolute Gasteiger partial charge is 0.315 e. The fourth-order valence-electron chi connectivity index (χ4n) is 2.81. The maximum absolute atomic E-state index is 11.8. The fourth-order valence-corrected chi connectivity index (χ4v) is 3.69. The van der Waals surface area contributed by atoms with Crippen molar-refractivity contribution in [3.8, 4) is 0 Å². The molecule has 21 heavy (non-hydrogen) atoms. The van der Waals surface area contributed by atoms with Crippen LogP contribution in [0.2, 0.25) is 0 Å². The van der Waals surface area contributed by atoms with E-state index in [-0.39, 0.29) is 11.9 Å². The molecule has 2 aromatic rings. The Kier molecular flexibility index (Phi) is 4.19. The van der Waals surface area contributed by atoms with E-state index in [1.165, 1.54) is 30.6 Å². The van der Waals surface area contributed by atoms with E-state index in [1.807, 2.05) is 18.4 Å². The third-order valence-corrected chi connectivity index (χ3v) is 5.09.